The van der Waals surface area contributed by atoms with Crippen LogP contribution in [0.3, 0.4) is 0 Å². The summed E-state index contributed by atoms with van der Waals surface area (Å²) >= 11 is 9.87. The average molecular weight is 316 g/mol. The lowest BCUT2D eigenvalue weighted by Gasteiger charge is -2.11. The maximum Gasteiger partial charge on any atom is 0.133 e. The number of benzene rings is 1. The van der Waals surface area contributed by atoms with Gasteiger partial charge in [-0.15, -0.1) is 11.6 Å². The molecule has 1 unspecified atom stereocenters. The van der Waals surface area contributed by atoms with Gasteiger partial charge in [-0.05, 0) is 46.6 Å². The highest BCUT2D eigenvalue weighted by molar-refractivity contribution is 9.10. The van der Waals surface area contributed by atoms with Crippen molar-refractivity contribution in [2.24, 2.45) is 0 Å². The van der Waals surface area contributed by atoms with Gasteiger partial charge in [-0.3, -0.25) is 0 Å². The first kappa shape index (κ1) is 12.5. The molecule has 0 aliphatic heterocycles. The molecule has 4 heteroatoms. The van der Waals surface area contributed by atoms with Crippen LogP contribution in [0.1, 0.15) is 22.3 Å². The smallest absolute Gasteiger partial charge is 0.133 e. The number of halogens is 2. The van der Waals surface area contributed by atoms with Crippen LogP contribution in [0.4, 0.5) is 0 Å². The van der Waals surface area contributed by atoms with E-state index in [-0.39, 0.29) is 5.38 Å². The minimum atomic E-state index is -0.212. The molecule has 0 N–H and O–H groups in total. The Labute approximate surface area is 114 Å². The van der Waals surface area contributed by atoms with E-state index in [0.29, 0.717) is 0 Å². The molecule has 17 heavy (non-hydrogen) atoms. The second kappa shape index (κ2) is 5.15. The van der Waals surface area contributed by atoms with Crippen molar-refractivity contribution in [1.29, 1.82) is 0 Å². The quantitative estimate of drug-likeness (QED) is 0.767. The van der Waals surface area contributed by atoms with E-state index < -0.39 is 0 Å². The van der Waals surface area contributed by atoms with Gasteiger partial charge in [-0.1, -0.05) is 6.07 Å². The third-order valence-electron chi connectivity index (χ3n) is 2.64. The fraction of sp³-hybridized carbons (Fsp3) is 0.231. The van der Waals surface area contributed by atoms with Crippen LogP contribution in [0.15, 0.2) is 39.4 Å². The molecule has 0 aliphatic carbocycles. The minimum Gasteiger partial charge on any atom is -0.496 e. The molecule has 0 amide bonds. The molecule has 2 rings (SSSR count). The van der Waals surface area contributed by atoms with Crippen LogP contribution in [-0.4, -0.2) is 7.11 Å². The SMILES string of the molecule is COc1ccc(C(Cl)c2ccoc2C)cc1Br. The normalized spacial score (nSPS) is 12.5. The van der Waals surface area contributed by atoms with E-state index in [1.165, 1.54) is 0 Å². The fourth-order valence-corrected chi connectivity index (χ4v) is 2.60. The summed E-state index contributed by atoms with van der Waals surface area (Å²) in [4.78, 5) is 0. The second-order valence-corrected chi connectivity index (χ2v) is 4.98. The molecule has 0 bridgehead atoms. The number of rotatable bonds is 3. The van der Waals surface area contributed by atoms with Crippen molar-refractivity contribution < 1.29 is 9.15 Å². The van der Waals surface area contributed by atoms with Gasteiger partial charge in [0.1, 0.15) is 11.5 Å². The van der Waals surface area contributed by atoms with Crippen LogP contribution < -0.4 is 4.74 Å². The zero-order valence-corrected chi connectivity index (χ0v) is 11.9. The predicted octanol–water partition coefficient (Wildman–Crippen LogP) is 4.69. The molecule has 2 nitrogen and oxygen atoms in total. The summed E-state index contributed by atoms with van der Waals surface area (Å²) in [6.07, 6.45) is 1.65. The predicted molar refractivity (Wildman–Crippen MR) is 71.8 cm³/mol. The Morgan fingerprint density at radius 3 is 2.65 bits per heavy atom. The minimum absolute atomic E-state index is 0.212. The van der Waals surface area contributed by atoms with Crippen molar-refractivity contribution in [3.63, 3.8) is 0 Å². The number of hydrogen-bond acceptors (Lipinski definition) is 2. The molecule has 2 aromatic rings. The van der Waals surface area contributed by atoms with Gasteiger partial charge in [-0.2, -0.15) is 0 Å². The van der Waals surface area contributed by atoms with Gasteiger partial charge in [-0.25, -0.2) is 0 Å². The van der Waals surface area contributed by atoms with Gasteiger partial charge in [0, 0.05) is 5.56 Å². The van der Waals surface area contributed by atoms with Crippen LogP contribution in [0, 0.1) is 6.92 Å². The lowest BCUT2D eigenvalue weighted by molar-refractivity contribution is 0.412. The van der Waals surface area contributed by atoms with E-state index >= 15 is 0 Å². The van der Waals surface area contributed by atoms with Gasteiger partial charge in [0.15, 0.2) is 0 Å². The number of aryl methyl sites for hydroxylation is 1. The van der Waals surface area contributed by atoms with Crippen molar-refractivity contribution in [3.05, 3.63) is 51.9 Å². The number of methoxy groups -OCH3 is 1. The molecule has 1 atom stereocenters. The summed E-state index contributed by atoms with van der Waals surface area (Å²) in [5.74, 6) is 1.64. The molecule has 0 aliphatic rings. The Morgan fingerprint density at radius 1 is 1.35 bits per heavy atom. The highest BCUT2D eigenvalue weighted by Gasteiger charge is 2.16. The molecule has 1 heterocycles. The number of alkyl halides is 1. The lowest BCUT2D eigenvalue weighted by Crippen LogP contribution is -1.94. The van der Waals surface area contributed by atoms with E-state index in [1.807, 2.05) is 31.2 Å². The van der Waals surface area contributed by atoms with Crippen LogP contribution in [0.5, 0.6) is 5.75 Å². The summed E-state index contributed by atoms with van der Waals surface area (Å²) in [5, 5.41) is -0.212. The van der Waals surface area contributed by atoms with Gasteiger partial charge < -0.3 is 9.15 Å². The summed E-state index contributed by atoms with van der Waals surface area (Å²) < 4.78 is 11.3. The Morgan fingerprint density at radius 2 is 2.12 bits per heavy atom. The molecule has 0 saturated heterocycles. The van der Waals surface area contributed by atoms with Crippen LogP contribution >= 0.6 is 27.5 Å². The Bertz CT molecular complexity index is 522. The first-order valence-corrected chi connectivity index (χ1v) is 6.38. The van der Waals surface area contributed by atoms with Gasteiger partial charge in [0.2, 0.25) is 0 Å². The molecule has 1 aromatic heterocycles. The van der Waals surface area contributed by atoms with Crippen LogP contribution in [-0.2, 0) is 0 Å². The first-order valence-electron chi connectivity index (χ1n) is 5.15. The van der Waals surface area contributed by atoms with Crippen LogP contribution in [0.25, 0.3) is 0 Å². The Hall–Kier alpha value is -0.930. The van der Waals surface area contributed by atoms with E-state index in [4.69, 9.17) is 20.8 Å². The molecule has 0 fully saturated rings. The zero-order valence-electron chi connectivity index (χ0n) is 9.54. The maximum absolute atomic E-state index is 6.42. The molecule has 90 valence electrons. The van der Waals surface area contributed by atoms with Gasteiger partial charge >= 0.3 is 0 Å². The van der Waals surface area contributed by atoms with Gasteiger partial charge in [0.05, 0.1) is 23.2 Å². The topological polar surface area (TPSA) is 22.4 Å². The summed E-state index contributed by atoms with van der Waals surface area (Å²) in [5.41, 5.74) is 1.99. The second-order valence-electron chi connectivity index (χ2n) is 3.69. The first-order chi connectivity index (χ1) is 8.13. The molecular formula is C13H12BrClO2. The van der Waals surface area contributed by atoms with Crippen molar-refractivity contribution in [2.75, 3.05) is 7.11 Å². The fourth-order valence-electron chi connectivity index (χ4n) is 1.68. The molecular weight excluding hydrogens is 303 g/mol. The Balaban J connectivity index is 2.35. The Kier molecular flexibility index (Phi) is 3.79. The van der Waals surface area contributed by atoms with E-state index in [9.17, 15) is 0 Å². The monoisotopic (exact) mass is 314 g/mol. The number of furan rings is 1. The van der Waals surface area contributed by atoms with Crippen molar-refractivity contribution in [3.8, 4) is 5.75 Å². The highest BCUT2D eigenvalue weighted by Crippen LogP contribution is 2.35. The van der Waals surface area contributed by atoms with Crippen molar-refractivity contribution in [2.45, 2.75) is 12.3 Å². The highest BCUT2D eigenvalue weighted by atomic mass is 79.9. The number of ether oxygens (including phenoxy) is 1. The third-order valence-corrected chi connectivity index (χ3v) is 3.75. The van der Waals surface area contributed by atoms with Crippen LogP contribution in [0.2, 0.25) is 0 Å². The van der Waals surface area contributed by atoms with Gasteiger partial charge in [0.25, 0.3) is 0 Å². The number of hydrogen-bond donors (Lipinski definition) is 0. The lowest BCUT2D eigenvalue weighted by atomic mass is 10.1. The molecule has 0 saturated carbocycles. The summed E-state index contributed by atoms with van der Waals surface area (Å²) in [6, 6.07) is 7.70. The van der Waals surface area contributed by atoms with E-state index in [2.05, 4.69) is 15.9 Å². The molecule has 1 aromatic carbocycles. The summed E-state index contributed by atoms with van der Waals surface area (Å²) in [7, 11) is 1.64. The molecule has 0 radical (unpaired) electrons. The summed E-state index contributed by atoms with van der Waals surface area (Å²) in [6.45, 7) is 1.91. The zero-order chi connectivity index (χ0) is 12.4. The average Bonchev–Trinajstić information content (AvgIpc) is 2.74. The standard InChI is InChI=1S/C13H12BrClO2/c1-8-10(5-6-17-8)13(15)9-3-4-12(16-2)11(14)7-9/h3-7,13H,1-2H3. The van der Waals surface area contributed by atoms with E-state index in [1.54, 1.807) is 13.4 Å². The maximum atomic E-state index is 6.42. The molecule has 0 spiro atoms. The largest absolute Gasteiger partial charge is 0.496 e. The van der Waals surface area contributed by atoms with Crippen molar-refractivity contribution in [1.82, 2.24) is 0 Å². The third kappa shape index (κ3) is 2.50. The van der Waals surface area contributed by atoms with Crippen molar-refractivity contribution >= 4 is 27.5 Å². The van der Waals surface area contributed by atoms with E-state index in [0.717, 1.165) is 27.1 Å².